The Kier molecular flexibility index (Phi) is 24.1. The van der Waals surface area contributed by atoms with Crippen molar-refractivity contribution in [2.24, 2.45) is 0 Å². The Morgan fingerprint density at radius 1 is 0.556 bits per heavy atom. The summed E-state index contributed by atoms with van der Waals surface area (Å²) >= 11 is 14.7. The molecule has 0 aliphatic carbocycles. The molecule has 10 aromatic rings. The fourth-order valence-electron chi connectivity index (χ4n) is 5.81. The zero-order chi connectivity index (χ0) is 42.1. The molecular weight excluding hydrogens is 1250 g/mol. The number of H-pyrrole nitrogens is 1. The molecule has 0 unspecified atom stereocenters. The van der Waals surface area contributed by atoms with E-state index in [1.165, 1.54) is 20.5 Å². The molecular formula is C48H36ClN6NaOPt2S4. The molecule has 316 valence electrons. The van der Waals surface area contributed by atoms with Crippen LogP contribution in [0.25, 0.3) is 65.5 Å². The number of aryl methyl sites for hydroxylation is 2. The summed E-state index contributed by atoms with van der Waals surface area (Å²) in [4.78, 5) is 24.7. The number of nitrogens with one attached hydrogen (secondary N) is 1. The van der Waals surface area contributed by atoms with Gasteiger partial charge in [0.25, 0.3) is 0 Å². The maximum Gasteiger partial charge on any atom is 2.00 e. The molecule has 0 aliphatic heterocycles. The van der Waals surface area contributed by atoms with Gasteiger partial charge in [-0.2, -0.15) is 0 Å². The van der Waals surface area contributed by atoms with Crippen LogP contribution < -0.4 is 29.6 Å². The third kappa shape index (κ3) is 16.4. The van der Waals surface area contributed by atoms with Gasteiger partial charge in [-0.1, -0.05) is 115 Å². The summed E-state index contributed by atoms with van der Waals surface area (Å²) in [7, 11) is 4.61. The van der Waals surface area contributed by atoms with Gasteiger partial charge in [0.1, 0.15) is 0 Å². The van der Waals surface area contributed by atoms with Crippen molar-refractivity contribution < 1.29 is 74.9 Å². The van der Waals surface area contributed by atoms with E-state index in [0.717, 1.165) is 64.4 Å². The maximum atomic E-state index is 4.98. The van der Waals surface area contributed by atoms with Gasteiger partial charge in [0.15, 0.2) is 3.95 Å². The number of aromatic amines is 1. The Labute approximate surface area is 438 Å². The van der Waals surface area contributed by atoms with E-state index < -0.39 is 0 Å². The molecule has 0 aliphatic rings. The summed E-state index contributed by atoms with van der Waals surface area (Å²) in [6.45, 7) is 4.15. The van der Waals surface area contributed by atoms with Gasteiger partial charge >= 0.3 is 78.8 Å². The quantitative estimate of drug-likeness (QED) is 0.0803. The molecule has 6 heterocycles. The van der Waals surface area contributed by atoms with Gasteiger partial charge in [-0.05, 0) is 63.7 Å². The van der Waals surface area contributed by atoms with Crippen LogP contribution in [0.4, 0.5) is 0 Å². The number of thiazole rings is 2. The van der Waals surface area contributed by atoms with Crippen molar-refractivity contribution >= 4 is 77.4 Å². The van der Waals surface area contributed by atoms with Crippen molar-refractivity contribution in [2.45, 2.75) is 18.2 Å². The minimum atomic E-state index is 0. The van der Waals surface area contributed by atoms with Crippen LogP contribution in [0, 0.1) is 29.9 Å². The van der Waals surface area contributed by atoms with Crippen LogP contribution in [0.15, 0.2) is 175 Å². The minimum absolute atomic E-state index is 0. The van der Waals surface area contributed by atoms with Crippen LogP contribution in [0.5, 0.6) is 0 Å². The summed E-state index contributed by atoms with van der Waals surface area (Å²) in [5.74, 6) is 0. The Morgan fingerprint density at radius 2 is 0.921 bits per heavy atom. The molecule has 0 fully saturated rings. The van der Waals surface area contributed by atoms with E-state index in [9.17, 15) is 0 Å². The number of para-hydroxylation sites is 2. The Morgan fingerprint density at radius 3 is 1.29 bits per heavy atom. The topological polar surface area (TPSA) is 110 Å². The van der Waals surface area contributed by atoms with Crippen LogP contribution >= 0.6 is 44.3 Å². The van der Waals surface area contributed by atoms with Gasteiger partial charge in [0.2, 0.25) is 0 Å². The van der Waals surface area contributed by atoms with Crippen molar-refractivity contribution in [1.29, 1.82) is 0 Å². The number of nitrogens with zero attached hydrogens (tertiary/aromatic N) is 5. The number of aromatic nitrogens is 6. The van der Waals surface area contributed by atoms with Gasteiger partial charge in [-0.3, -0.25) is 24.9 Å². The van der Waals surface area contributed by atoms with Crippen LogP contribution in [0.1, 0.15) is 11.1 Å². The fraction of sp³-hybridized carbons (Fsp3) is 0.0417. The van der Waals surface area contributed by atoms with Crippen LogP contribution in [0.3, 0.4) is 0 Å². The third-order valence-corrected chi connectivity index (χ3v) is 10.8. The average Bonchev–Trinajstić information content (AvgIpc) is 3.89. The normalized spacial score (nSPS) is 9.67. The zero-order valence-electron chi connectivity index (χ0n) is 34.0. The summed E-state index contributed by atoms with van der Waals surface area (Å²) < 4.78 is 3.97. The smallest absolute Gasteiger partial charge is 0.870 e. The SMILES string of the molecule is Cc1cc(-c2ccccn2)[c-]c(-c2ccccn2)c1.Cc1cc(-c2ccccn2)[c-]c(-c2ccccn2)c1.S=c1[nH]c2ccccc2s1.[Cl][Pt+].[Na+].[OH-].[Pt+2].[S-]c1nc2ccccc2s1. The van der Waals surface area contributed by atoms with E-state index in [2.05, 4.69) is 95.6 Å². The number of fused-ring (bicyclic) bond motifs is 2. The summed E-state index contributed by atoms with van der Waals surface area (Å²) in [6.07, 6.45) is 7.19. The van der Waals surface area contributed by atoms with Gasteiger partial charge in [0.05, 0.1) is 15.7 Å². The van der Waals surface area contributed by atoms with Crippen molar-refractivity contribution in [3.63, 3.8) is 0 Å². The predicted octanol–water partition coefficient (Wildman–Crippen LogP) is 10.5. The predicted molar refractivity (Wildman–Crippen MR) is 253 cm³/mol. The summed E-state index contributed by atoms with van der Waals surface area (Å²) in [6, 6.07) is 54.8. The van der Waals surface area contributed by atoms with E-state index in [1.807, 2.05) is 115 Å². The van der Waals surface area contributed by atoms with Crippen molar-refractivity contribution in [3.8, 4) is 45.0 Å². The Hall–Kier alpha value is -3.67. The van der Waals surface area contributed by atoms with Crippen LogP contribution in [0.2, 0.25) is 0 Å². The second-order valence-corrected chi connectivity index (χ2v) is 16.2. The third-order valence-electron chi connectivity index (χ3n) is 8.39. The first-order valence-corrected chi connectivity index (χ1v) is 23.6. The molecule has 63 heavy (non-hydrogen) atoms. The fourth-order valence-corrected chi connectivity index (χ4v) is 7.99. The molecule has 0 bridgehead atoms. The number of hydrogen-bond donors (Lipinski definition) is 1. The van der Waals surface area contributed by atoms with E-state index in [0.29, 0.717) is 0 Å². The van der Waals surface area contributed by atoms with Crippen molar-refractivity contribution in [3.05, 3.63) is 198 Å². The number of pyridine rings is 4. The first-order chi connectivity index (χ1) is 29.4. The molecule has 0 saturated heterocycles. The second kappa shape index (κ2) is 28.3. The van der Waals surface area contributed by atoms with Gasteiger partial charge in [-0.25, -0.2) is 0 Å². The molecule has 0 saturated carbocycles. The standard InChI is InChI=1S/2C17H13N2.2C7H5NS2.ClH.Na.H2O.2Pt/c2*1-13-10-14(16-6-2-4-8-18-16)12-15(11-13)17-7-3-5-9-19-17;2*9-7-8-5-3-1-2-4-6(5)10-7;;;;;/h2*2-11H,1H3;2*1-4H,(H,8,9);1H;;1H2;;/q2*-1;;;;+1;;2*+2/p-3. The molecule has 0 radical (unpaired) electrons. The number of rotatable bonds is 4. The maximum absolute atomic E-state index is 4.98. The average molecular weight is 1290 g/mol. The minimum Gasteiger partial charge on any atom is -0.870 e. The molecule has 2 N–H and O–H groups in total. The van der Waals surface area contributed by atoms with Crippen molar-refractivity contribution in [1.82, 2.24) is 29.9 Å². The van der Waals surface area contributed by atoms with E-state index in [-0.39, 0.29) is 56.1 Å². The van der Waals surface area contributed by atoms with E-state index >= 15 is 0 Å². The molecule has 0 atom stereocenters. The van der Waals surface area contributed by atoms with E-state index in [1.54, 1.807) is 66.2 Å². The largest absolute Gasteiger partial charge is 2.00 e. The van der Waals surface area contributed by atoms with Crippen LogP contribution in [-0.4, -0.2) is 35.4 Å². The number of halogens is 1. The number of hydrogen-bond acceptors (Lipinski definition) is 10. The molecule has 6 aromatic heterocycles. The second-order valence-electron chi connectivity index (χ2n) is 12.8. The summed E-state index contributed by atoms with van der Waals surface area (Å²) in [5, 5.41) is 0. The van der Waals surface area contributed by atoms with Gasteiger partial charge < -0.3 is 34.4 Å². The molecule has 15 heteroatoms. The zero-order valence-corrected chi connectivity index (χ0v) is 44.6. The van der Waals surface area contributed by atoms with E-state index in [4.69, 9.17) is 24.8 Å². The monoisotopic (exact) mass is 1290 g/mol. The molecule has 0 spiro atoms. The molecule has 0 amide bonds. The Bertz CT molecular complexity index is 2620. The molecule has 7 nitrogen and oxygen atoms in total. The molecule has 4 aromatic carbocycles. The number of benzene rings is 4. The summed E-state index contributed by atoms with van der Waals surface area (Å²) in [5.41, 5.74) is 12.2. The first-order valence-electron chi connectivity index (χ1n) is 18.3. The van der Waals surface area contributed by atoms with Gasteiger partial charge in [-0.15, -0.1) is 58.9 Å². The molecule has 10 rings (SSSR count). The van der Waals surface area contributed by atoms with Crippen LogP contribution in [-0.2, 0) is 52.5 Å². The van der Waals surface area contributed by atoms with Gasteiger partial charge in [0, 0.05) is 47.6 Å². The van der Waals surface area contributed by atoms with Crippen molar-refractivity contribution in [2.75, 3.05) is 0 Å². The first kappa shape index (κ1) is 53.7. The Balaban J connectivity index is 0.000000225.